The Morgan fingerprint density at radius 1 is 0.781 bits per heavy atom. The van der Waals surface area contributed by atoms with Gasteiger partial charge < -0.3 is 14.8 Å². The Kier molecular flexibility index (Phi) is 5.89. The average Bonchev–Trinajstić information content (AvgIpc) is 3.05. The van der Waals surface area contributed by atoms with Gasteiger partial charge in [-0.1, -0.05) is 24.3 Å². The summed E-state index contributed by atoms with van der Waals surface area (Å²) in [5.74, 6) is 0.0406. The monoisotopic (exact) mass is 432 g/mol. The summed E-state index contributed by atoms with van der Waals surface area (Å²) in [4.78, 5) is 27.8. The second kappa shape index (κ2) is 8.93. The third-order valence-corrected chi connectivity index (χ3v) is 5.16. The minimum atomic E-state index is -0.457. The zero-order valence-electron chi connectivity index (χ0n) is 17.6. The SMILES string of the molecule is COc1ccc(NC2=C(c3ccc(OC)cc3)C(=O)N(Cc3ccc(F)cc3)C2=O)cc1. The number of amides is 2. The zero-order valence-corrected chi connectivity index (χ0v) is 17.6. The fraction of sp³-hybridized carbons (Fsp3) is 0.120. The zero-order chi connectivity index (χ0) is 22.7. The van der Waals surface area contributed by atoms with Crippen LogP contribution in [-0.4, -0.2) is 30.9 Å². The van der Waals surface area contributed by atoms with Gasteiger partial charge in [-0.05, 0) is 59.7 Å². The molecule has 0 aliphatic carbocycles. The molecule has 32 heavy (non-hydrogen) atoms. The Bertz CT molecular complexity index is 1170. The molecule has 0 bridgehead atoms. The van der Waals surface area contributed by atoms with Crippen molar-refractivity contribution in [2.24, 2.45) is 0 Å². The van der Waals surface area contributed by atoms with E-state index in [1.807, 2.05) is 0 Å². The highest BCUT2D eigenvalue weighted by Gasteiger charge is 2.39. The molecule has 0 saturated heterocycles. The number of methoxy groups -OCH3 is 2. The number of halogens is 1. The molecule has 0 aromatic heterocycles. The van der Waals surface area contributed by atoms with E-state index >= 15 is 0 Å². The maximum absolute atomic E-state index is 13.3. The molecule has 0 spiro atoms. The molecular formula is C25H21FN2O4. The highest BCUT2D eigenvalue weighted by atomic mass is 19.1. The number of carbonyl (C=O) groups excluding carboxylic acids is 2. The third-order valence-electron chi connectivity index (χ3n) is 5.16. The van der Waals surface area contributed by atoms with Crippen molar-refractivity contribution in [1.29, 1.82) is 0 Å². The maximum atomic E-state index is 13.3. The molecule has 0 radical (unpaired) electrons. The van der Waals surface area contributed by atoms with Gasteiger partial charge in [0.1, 0.15) is 23.0 Å². The molecule has 1 heterocycles. The lowest BCUT2D eigenvalue weighted by Gasteiger charge is -2.15. The Labute approximate surface area is 184 Å². The molecule has 3 aromatic carbocycles. The number of anilines is 1. The fourth-order valence-electron chi connectivity index (χ4n) is 3.45. The van der Waals surface area contributed by atoms with Crippen molar-refractivity contribution in [3.8, 4) is 11.5 Å². The van der Waals surface area contributed by atoms with Crippen molar-refractivity contribution < 1.29 is 23.5 Å². The van der Waals surface area contributed by atoms with E-state index in [0.717, 1.165) is 4.90 Å². The molecule has 0 saturated carbocycles. The Hall–Kier alpha value is -4.13. The van der Waals surface area contributed by atoms with Crippen LogP contribution in [0.4, 0.5) is 10.1 Å². The van der Waals surface area contributed by atoms with Crippen molar-refractivity contribution in [3.63, 3.8) is 0 Å². The van der Waals surface area contributed by atoms with Gasteiger partial charge in [-0.15, -0.1) is 0 Å². The lowest BCUT2D eigenvalue weighted by molar-refractivity contribution is -0.137. The van der Waals surface area contributed by atoms with Gasteiger partial charge >= 0.3 is 0 Å². The summed E-state index contributed by atoms with van der Waals surface area (Å²) in [5, 5.41) is 3.10. The highest BCUT2D eigenvalue weighted by molar-refractivity contribution is 6.36. The van der Waals surface area contributed by atoms with E-state index in [-0.39, 0.29) is 23.6 Å². The van der Waals surface area contributed by atoms with E-state index in [4.69, 9.17) is 9.47 Å². The molecule has 1 N–H and O–H groups in total. The maximum Gasteiger partial charge on any atom is 0.278 e. The molecule has 2 amide bonds. The van der Waals surface area contributed by atoms with Crippen LogP contribution in [0.3, 0.4) is 0 Å². The fourth-order valence-corrected chi connectivity index (χ4v) is 3.45. The number of imide groups is 1. The van der Waals surface area contributed by atoms with Crippen LogP contribution in [0.5, 0.6) is 11.5 Å². The normalized spacial score (nSPS) is 13.5. The summed E-state index contributed by atoms with van der Waals surface area (Å²) in [6.07, 6.45) is 0. The van der Waals surface area contributed by atoms with Gasteiger partial charge in [-0.3, -0.25) is 14.5 Å². The first-order chi connectivity index (χ1) is 15.5. The molecular weight excluding hydrogens is 411 g/mol. The van der Waals surface area contributed by atoms with Crippen molar-refractivity contribution in [3.05, 3.63) is 95.4 Å². The van der Waals surface area contributed by atoms with Crippen LogP contribution in [0.2, 0.25) is 0 Å². The molecule has 0 fully saturated rings. The summed E-state index contributed by atoms with van der Waals surface area (Å²) >= 11 is 0. The van der Waals surface area contributed by atoms with Gasteiger partial charge in [0.05, 0.1) is 26.3 Å². The number of nitrogens with zero attached hydrogens (tertiary/aromatic N) is 1. The topological polar surface area (TPSA) is 67.9 Å². The first kappa shape index (κ1) is 21.1. The van der Waals surface area contributed by atoms with Crippen LogP contribution < -0.4 is 14.8 Å². The summed E-state index contributed by atoms with van der Waals surface area (Å²) in [6, 6.07) is 19.7. The van der Waals surface area contributed by atoms with E-state index in [9.17, 15) is 14.0 Å². The molecule has 4 rings (SSSR count). The lowest BCUT2D eigenvalue weighted by atomic mass is 10.0. The molecule has 7 heteroatoms. The van der Waals surface area contributed by atoms with Gasteiger partial charge in [0.15, 0.2) is 0 Å². The minimum Gasteiger partial charge on any atom is -0.497 e. The van der Waals surface area contributed by atoms with E-state index in [0.29, 0.717) is 28.3 Å². The van der Waals surface area contributed by atoms with Crippen LogP contribution in [0.1, 0.15) is 11.1 Å². The number of hydrogen-bond acceptors (Lipinski definition) is 5. The number of ether oxygens (including phenoxy) is 2. The van der Waals surface area contributed by atoms with Crippen LogP contribution in [-0.2, 0) is 16.1 Å². The molecule has 6 nitrogen and oxygen atoms in total. The van der Waals surface area contributed by atoms with Crippen molar-refractivity contribution in [1.82, 2.24) is 4.90 Å². The first-order valence-corrected chi connectivity index (χ1v) is 9.90. The van der Waals surface area contributed by atoms with E-state index in [2.05, 4.69) is 5.32 Å². The van der Waals surface area contributed by atoms with Crippen LogP contribution >= 0.6 is 0 Å². The van der Waals surface area contributed by atoms with Crippen LogP contribution in [0.15, 0.2) is 78.5 Å². The van der Waals surface area contributed by atoms with Crippen molar-refractivity contribution in [2.45, 2.75) is 6.54 Å². The average molecular weight is 432 g/mol. The summed E-state index contributed by atoms with van der Waals surface area (Å²) in [7, 11) is 3.12. The number of nitrogens with one attached hydrogen (secondary N) is 1. The van der Waals surface area contributed by atoms with E-state index in [1.54, 1.807) is 74.9 Å². The standard InChI is InChI=1S/C25H21FN2O4/c1-31-20-11-5-17(6-12-20)22-23(27-19-9-13-21(32-2)14-10-19)25(30)28(24(22)29)15-16-3-7-18(26)8-4-16/h3-14,27H,15H2,1-2H3. The van der Waals surface area contributed by atoms with Gasteiger partial charge in [0, 0.05) is 5.69 Å². The Morgan fingerprint density at radius 3 is 1.91 bits per heavy atom. The Morgan fingerprint density at radius 2 is 1.34 bits per heavy atom. The number of benzene rings is 3. The van der Waals surface area contributed by atoms with E-state index < -0.39 is 11.8 Å². The van der Waals surface area contributed by atoms with Crippen molar-refractivity contribution >= 4 is 23.1 Å². The number of rotatable bonds is 7. The third kappa shape index (κ3) is 4.18. The van der Waals surface area contributed by atoms with Gasteiger partial charge in [-0.25, -0.2) is 4.39 Å². The molecule has 162 valence electrons. The molecule has 0 atom stereocenters. The van der Waals surface area contributed by atoms with Gasteiger partial charge in [0.2, 0.25) is 0 Å². The predicted molar refractivity (Wildman–Crippen MR) is 118 cm³/mol. The minimum absolute atomic E-state index is 0.0331. The molecule has 1 aliphatic rings. The Balaban J connectivity index is 1.71. The quantitative estimate of drug-likeness (QED) is 0.566. The van der Waals surface area contributed by atoms with Crippen molar-refractivity contribution in [2.75, 3.05) is 19.5 Å². The molecule has 1 aliphatic heterocycles. The first-order valence-electron chi connectivity index (χ1n) is 9.90. The van der Waals surface area contributed by atoms with Gasteiger partial charge in [-0.2, -0.15) is 0 Å². The lowest BCUT2D eigenvalue weighted by Crippen LogP contribution is -2.32. The van der Waals surface area contributed by atoms with E-state index in [1.165, 1.54) is 12.1 Å². The summed E-state index contributed by atoms with van der Waals surface area (Å²) in [6.45, 7) is 0.0331. The molecule has 3 aromatic rings. The second-order valence-corrected chi connectivity index (χ2v) is 7.15. The summed E-state index contributed by atoms with van der Waals surface area (Å²) in [5.41, 5.74) is 2.30. The molecule has 0 unspecified atom stereocenters. The largest absolute Gasteiger partial charge is 0.497 e. The smallest absolute Gasteiger partial charge is 0.278 e. The number of carbonyl (C=O) groups is 2. The number of hydrogen-bond donors (Lipinski definition) is 1. The summed E-state index contributed by atoms with van der Waals surface area (Å²) < 4.78 is 23.6. The van der Waals surface area contributed by atoms with Crippen LogP contribution in [0.25, 0.3) is 5.57 Å². The second-order valence-electron chi connectivity index (χ2n) is 7.15. The van der Waals surface area contributed by atoms with Crippen LogP contribution in [0, 0.1) is 5.82 Å². The highest BCUT2D eigenvalue weighted by Crippen LogP contribution is 2.32. The van der Waals surface area contributed by atoms with Gasteiger partial charge in [0.25, 0.3) is 11.8 Å². The predicted octanol–water partition coefficient (Wildman–Crippen LogP) is 4.24.